The lowest BCUT2D eigenvalue weighted by Gasteiger charge is -2.34. The van der Waals surface area contributed by atoms with Crippen LogP contribution >= 0.6 is 0 Å². The fraction of sp³-hybridized carbons (Fsp3) is 0.353. The smallest absolute Gasteiger partial charge is 0.305 e. The van der Waals surface area contributed by atoms with Gasteiger partial charge < -0.3 is 9.84 Å². The number of ether oxygens (including phenoxy) is 1. The van der Waals surface area contributed by atoms with Crippen LogP contribution in [0.3, 0.4) is 0 Å². The number of carbonyl (C=O) groups is 3. The molecule has 5 heteroatoms. The SMILES string of the molecule is Cc1cccc2c1C(=O)C1=C(CC(CC(=O)O)OC1C)C2=O. The quantitative estimate of drug-likeness (QED) is 0.906. The van der Waals surface area contributed by atoms with E-state index in [9.17, 15) is 14.4 Å². The summed E-state index contributed by atoms with van der Waals surface area (Å²) in [6.45, 7) is 3.49. The molecule has 3 rings (SSSR count). The number of fused-ring (bicyclic) bond motifs is 1. The summed E-state index contributed by atoms with van der Waals surface area (Å²) in [4.78, 5) is 36.3. The first-order valence-corrected chi connectivity index (χ1v) is 7.19. The van der Waals surface area contributed by atoms with Gasteiger partial charge in [0.05, 0.1) is 18.6 Å². The summed E-state index contributed by atoms with van der Waals surface area (Å²) in [7, 11) is 0. The van der Waals surface area contributed by atoms with Crippen molar-refractivity contribution >= 4 is 17.5 Å². The summed E-state index contributed by atoms with van der Waals surface area (Å²) in [6.07, 6.45) is -1.15. The van der Waals surface area contributed by atoms with Gasteiger partial charge >= 0.3 is 5.97 Å². The average molecular weight is 300 g/mol. The van der Waals surface area contributed by atoms with Crippen LogP contribution < -0.4 is 0 Å². The highest BCUT2D eigenvalue weighted by molar-refractivity contribution is 6.27. The van der Waals surface area contributed by atoms with Crippen molar-refractivity contribution in [3.63, 3.8) is 0 Å². The van der Waals surface area contributed by atoms with Crippen LogP contribution in [0.15, 0.2) is 29.3 Å². The van der Waals surface area contributed by atoms with E-state index >= 15 is 0 Å². The summed E-state index contributed by atoms with van der Waals surface area (Å²) in [5, 5.41) is 8.91. The van der Waals surface area contributed by atoms with E-state index in [-0.39, 0.29) is 24.4 Å². The normalized spacial score (nSPS) is 24.1. The summed E-state index contributed by atoms with van der Waals surface area (Å²) in [5.41, 5.74) is 2.41. The molecule has 114 valence electrons. The Balaban J connectivity index is 2.08. The Kier molecular flexibility index (Phi) is 3.45. The minimum atomic E-state index is -0.980. The molecule has 2 atom stereocenters. The van der Waals surface area contributed by atoms with Gasteiger partial charge in [0.1, 0.15) is 0 Å². The molecule has 0 saturated heterocycles. The summed E-state index contributed by atoms with van der Waals surface area (Å²) >= 11 is 0. The lowest BCUT2D eigenvalue weighted by molar-refractivity contribution is -0.141. The zero-order valence-electron chi connectivity index (χ0n) is 12.4. The largest absolute Gasteiger partial charge is 0.481 e. The second-order valence-corrected chi connectivity index (χ2v) is 5.75. The Morgan fingerprint density at radius 3 is 2.73 bits per heavy atom. The third kappa shape index (κ3) is 2.18. The van der Waals surface area contributed by atoms with Crippen molar-refractivity contribution in [3.05, 3.63) is 46.0 Å². The number of aliphatic carboxylic acids is 1. The lowest BCUT2D eigenvalue weighted by Crippen LogP contribution is -2.38. The average Bonchev–Trinajstić information content (AvgIpc) is 2.43. The van der Waals surface area contributed by atoms with Crippen molar-refractivity contribution in [2.75, 3.05) is 0 Å². The minimum Gasteiger partial charge on any atom is -0.481 e. The number of Topliss-reactive ketones (excluding diaryl/α,β-unsaturated/α-hetero) is 2. The van der Waals surface area contributed by atoms with E-state index in [0.717, 1.165) is 5.56 Å². The van der Waals surface area contributed by atoms with Crippen molar-refractivity contribution in [2.45, 2.75) is 38.9 Å². The van der Waals surface area contributed by atoms with Crippen LogP contribution in [0, 0.1) is 6.92 Å². The number of benzene rings is 1. The molecule has 2 aliphatic rings. The molecular weight excluding hydrogens is 284 g/mol. The zero-order chi connectivity index (χ0) is 16.0. The Morgan fingerprint density at radius 1 is 1.32 bits per heavy atom. The predicted octanol–water partition coefficient (Wildman–Crippen LogP) is 2.32. The van der Waals surface area contributed by atoms with Gasteiger partial charge in [-0.1, -0.05) is 18.2 Å². The van der Waals surface area contributed by atoms with Crippen LogP contribution in [0.25, 0.3) is 0 Å². The van der Waals surface area contributed by atoms with E-state index in [1.165, 1.54) is 0 Å². The second-order valence-electron chi connectivity index (χ2n) is 5.75. The van der Waals surface area contributed by atoms with Crippen LogP contribution in [0.5, 0.6) is 0 Å². The maximum absolute atomic E-state index is 12.8. The number of carboxylic acid groups (broad SMARTS) is 1. The molecule has 1 aromatic carbocycles. The highest BCUT2D eigenvalue weighted by Gasteiger charge is 2.40. The Morgan fingerprint density at radius 2 is 2.05 bits per heavy atom. The molecule has 0 saturated carbocycles. The third-order valence-corrected chi connectivity index (χ3v) is 4.23. The summed E-state index contributed by atoms with van der Waals surface area (Å²) in [5.74, 6) is -1.34. The van der Waals surface area contributed by atoms with Crippen molar-refractivity contribution < 1.29 is 24.2 Å². The van der Waals surface area contributed by atoms with Gasteiger partial charge in [-0.3, -0.25) is 14.4 Å². The first-order chi connectivity index (χ1) is 10.4. The first kappa shape index (κ1) is 14.7. The van der Waals surface area contributed by atoms with Crippen LogP contribution in [0.2, 0.25) is 0 Å². The van der Waals surface area contributed by atoms with Crippen molar-refractivity contribution in [2.24, 2.45) is 0 Å². The van der Waals surface area contributed by atoms with Crippen molar-refractivity contribution in [1.29, 1.82) is 0 Å². The molecule has 1 aromatic rings. The highest BCUT2D eigenvalue weighted by Crippen LogP contribution is 2.37. The maximum atomic E-state index is 12.8. The third-order valence-electron chi connectivity index (χ3n) is 4.23. The van der Waals surface area contributed by atoms with E-state index in [1.54, 1.807) is 32.0 Å². The molecule has 2 unspecified atom stereocenters. The van der Waals surface area contributed by atoms with Gasteiger partial charge in [0, 0.05) is 28.7 Å². The van der Waals surface area contributed by atoms with Crippen molar-refractivity contribution in [1.82, 2.24) is 0 Å². The van der Waals surface area contributed by atoms with E-state index in [0.29, 0.717) is 22.3 Å². The van der Waals surface area contributed by atoms with Gasteiger partial charge in [0.2, 0.25) is 0 Å². The fourth-order valence-corrected chi connectivity index (χ4v) is 3.30. The number of hydrogen-bond acceptors (Lipinski definition) is 4. The molecule has 22 heavy (non-hydrogen) atoms. The number of rotatable bonds is 2. The highest BCUT2D eigenvalue weighted by atomic mass is 16.5. The summed E-state index contributed by atoms with van der Waals surface area (Å²) in [6, 6.07) is 5.21. The predicted molar refractivity (Wildman–Crippen MR) is 78.1 cm³/mol. The second kappa shape index (κ2) is 5.18. The van der Waals surface area contributed by atoms with Gasteiger partial charge in [-0.05, 0) is 19.4 Å². The molecule has 0 fully saturated rings. The van der Waals surface area contributed by atoms with Gasteiger partial charge in [-0.15, -0.1) is 0 Å². The molecule has 0 amide bonds. The molecule has 1 aliphatic heterocycles. The Labute approximate surface area is 127 Å². The van der Waals surface area contributed by atoms with Crippen LogP contribution in [-0.4, -0.2) is 34.9 Å². The monoisotopic (exact) mass is 300 g/mol. The standard InChI is InChI=1S/C17H16O5/c1-8-4-3-5-11-14(8)17(21)15-9(2)22-10(7-13(18)19)6-12(15)16(11)20/h3-5,9-10H,6-7H2,1-2H3,(H,18,19). The van der Waals surface area contributed by atoms with Crippen LogP contribution in [0.4, 0.5) is 0 Å². The Hall–Kier alpha value is -2.27. The topological polar surface area (TPSA) is 80.7 Å². The Bertz CT molecular complexity index is 729. The molecular formula is C17H16O5. The number of aryl methyl sites for hydroxylation is 1. The molecule has 0 aromatic heterocycles. The van der Waals surface area contributed by atoms with Gasteiger partial charge in [0.25, 0.3) is 0 Å². The van der Waals surface area contributed by atoms with Crippen LogP contribution in [0.1, 0.15) is 46.0 Å². The van der Waals surface area contributed by atoms with Crippen molar-refractivity contribution in [3.8, 4) is 0 Å². The van der Waals surface area contributed by atoms with Gasteiger partial charge in [0.15, 0.2) is 11.6 Å². The molecule has 1 heterocycles. The molecule has 0 spiro atoms. The molecule has 5 nitrogen and oxygen atoms in total. The number of ketones is 2. The fourth-order valence-electron chi connectivity index (χ4n) is 3.30. The zero-order valence-corrected chi connectivity index (χ0v) is 12.4. The van der Waals surface area contributed by atoms with Gasteiger partial charge in [-0.25, -0.2) is 0 Å². The molecule has 1 aliphatic carbocycles. The molecule has 1 N–H and O–H groups in total. The first-order valence-electron chi connectivity index (χ1n) is 7.19. The van der Waals surface area contributed by atoms with E-state index in [4.69, 9.17) is 9.84 Å². The van der Waals surface area contributed by atoms with E-state index in [1.807, 2.05) is 0 Å². The lowest BCUT2D eigenvalue weighted by atomic mass is 9.77. The number of hydrogen-bond donors (Lipinski definition) is 1. The van der Waals surface area contributed by atoms with Gasteiger partial charge in [-0.2, -0.15) is 0 Å². The molecule has 0 radical (unpaired) electrons. The van der Waals surface area contributed by atoms with E-state index in [2.05, 4.69) is 0 Å². The minimum absolute atomic E-state index is 0.171. The summed E-state index contributed by atoms with van der Waals surface area (Å²) < 4.78 is 5.63. The molecule has 0 bridgehead atoms. The number of carbonyl (C=O) groups excluding carboxylic acids is 2. The maximum Gasteiger partial charge on any atom is 0.305 e. The van der Waals surface area contributed by atoms with Crippen LogP contribution in [-0.2, 0) is 9.53 Å². The number of carboxylic acids is 1. The van der Waals surface area contributed by atoms with E-state index < -0.39 is 18.2 Å².